The van der Waals surface area contributed by atoms with E-state index < -0.39 is 5.60 Å². The van der Waals surface area contributed by atoms with E-state index in [1.807, 2.05) is 24.3 Å². The summed E-state index contributed by atoms with van der Waals surface area (Å²) >= 11 is 3.01. The van der Waals surface area contributed by atoms with Gasteiger partial charge < -0.3 is 4.74 Å². The highest BCUT2D eigenvalue weighted by Gasteiger charge is 2.47. The van der Waals surface area contributed by atoms with Gasteiger partial charge in [-0.15, -0.1) is 28.3 Å². The van der Waals surface area contributed by atoms with E-state index in [1.165, 1.54) is 11.8 Å². The number of thioether (sulfide) groups is 1. The van der Waals surface area contributed by atoms with Gasteiger partial charge >= 0.3 is 5.97 Å². The Labute approximate surface area is 166 Å². The number of thiazole rings is 1. The lowest BCUT2D eigenvalue weighted by Crippen LogP contribution is -2.36. The fourth-order valence-corrected chi connectivity index (χ4v) is 5.04. The molecule has 2 aromatic rings. The largest absolute Gasteiger partial charge is 0.451 e. The van der Waals surface area contributed by atoms with Gasteiger partial charge in [-0.1, -0.05) is 43.7 Å². The monoisotopic (exact) mass is 443 g/mol. The minimum Gasteiger partial charge on any atom is -0.451 e. The second kappa shape index (κ2) is 8.64. The summed E-state index contributed by atoms with van der Waals surface area (Å²) in [6, 6.07) is 7.93. The summed E-state index contributed by atoms with van der Waals surface area (Å²) in [4.78, 5) is 29.1. The van der Waals surface area contributed by atoms with Crippen molar-refractivity contribution < 1.29 is 14.3 Å². The molecule has 0 N–H and O–H groups in total. The molecule has 0 bridgehead atoms. The van der Waals surface area contributed by atoms with Crippen LogP contribution in [0.3, 0.4) is 0 Å². The molecule has 0 spiro atoms. The predicted molar refractivity (Wildman–Crippen MR) is 108 cm³/mol. The lowest BCUT2D eigenvalue weighted by atomic mass is 9.90. The van der Waals surface area contributed by atoms with Crippen LogP contribution >= 0.6 is 40.1 Å². The third-order valence-corrected chi connectivity index (χ3v) is 6.57. The molecule has 3 rings (SSSR count). The fourth-order valence-electron chi connectivity index (χ4n) is 2.93. The lowest BCUT2D eigenvalue weighted by molar-refractivity contribution is -0.156. The number of rotatable bonds is 7. The van der Waals surface area contributed by atoms with E-state index in [4.69, 9.17) is 4.74 Å². The predicted octanol–water partition coefficient (Wildman–Crippen LogP) is 5.05. The molecule has 1 fully saturated rings. The normalized spacial score (nSPS) is 22.6. The number of benzene rings is 1. The molecule has 0 radical (unpaired) electrons. The summed E-state index contributed by atoms with van der Waals surface area (Å²) in [6.07, 6.45) is 3.35. The number of nitrogens with zero attached hydrogens (tertiary/aromatic N) is 1. The number of aromatic nitrogens is 1. The minimum atomic E-state index is -0.973. The van der Waals surface area contributed by atoms with Gasteiger partial charge in [0.1, 0.15) is 0 Å². The van der Waals surface area contributed by atoms with Crippen LogP contribution < -0.4 is 0 Å². The van der Waals surface area contributed by atoms with Crippen LogP contribution in [-0.2, 0) is 14.3 Å². The molecule has 7 heteroatoms. The molecule has 1 aromatic heterocycles. The van der Waals surface area contributed by atoms with Crippen LogP contribution in [-0.4, -0.2) is 28.1 Å². The van der Waals surface area contributed by atoms with Crippen molar-refractivity contribution >= 4 is 62.0 Å². The van der Waals surface area contributed by atoms with Crippen molar-refractivity contribution in [3.8, 4) is 0 Å². The van der Waals surface area contributed by atoms with Crippen molar-refractivity contribution in [1.82, 2.24) is 4.98 Å². The first-order valence-electron chi connectivity index (χ1n) is 8.26. The van der Waals surface area contributed by atoms with E-state index >= 15 is 0 Å². The van der Waals surface area contributed by atoms with Crippen LogP contribution in [0.15, 0.2) is 28.6 Å². The van der Waals surface area contributed by atoms with Crippen molar-refractivity contribution in [2.75, 3.05) is 5.75 Å². The second-order valence-corrected chi connectivity index (χ2v) is 8.61. The Morgan fingerprint density at radius 1 is 1.44 bits per heavy atom. The third kappa shape index (κ3) is 4.63. The molecular formula is C18H22BrNO3S2. The number of hydrogen-bond donors (Lipinski definition) is 0. The number of Topliss-reactive ketones (excluding diaryl/α,β-unsaturated/α-hetero) is 1. The molecule has 1 aromatic carbocycles. The molecule has 1 aliphatic rings. The number of esters is 1. The Balaban J connectivity index is 0.00000225. The summed E-state index contributed by atoms with van der Waals surface area (Å²) in [5, 5.41) is 0. The van der Waals surface area contributed by atoms with Gasteiger partial charge in [0.2, 0.25) is 0 Å². The molecule has 0 saturated carbocycles. The van der Waals surface area contributed by atoms with Gasteiger partial charge in [-0.05, 0) is 25.5 Å². The summed E-state index contributed by atoms with van der Waals surface area (Å²) in [5.41, 5.74) is -0.0188. The molecule has 2 atom stereocenters. The third-order valence-electron chi connectivity index (χ3n) is 4.39. The maximum atomic E-state index is 12.6. The van der Waals surface area contributed by atoms with E-state index in [2.05, 4.69) is 11.9 Å². The molecule has 0 amide bonds. The van der Waals surface area contributed by atoms with E-state index in [0.29, 0.717) is 6.42 Å². The van der Waals surface area contributed by atoms with Crippen molar-refractivity contribution in [1.29, 1.82) is 0 Å². The highest BCUT2D eigenvalue weighted by atomic mass is 79.9. The number of ketones is 1. The number of para-hydroxylation sites is 1. The molecule has 2 heterocycles. The van der Waals surface area contributed by atoms with Gasteiger partial charge in [0.05, 0.1) is 21.9 Å². The van der Waals surface area contributed by atoms with E-state index in [0.717, 1.165) is 33.8 Å². The number of unbranched alkanes of at least 4 members (excludes halogenated alkanes) is 1. The van der Waals surface area contributed by atoms with Crippen molar-refractivity contribution in [2.24, 2.45) is 5.92 Å². The first-order chi connectivity index (χ1) is 11.5. The van der Waals surface area contributed by atoms with E-state index in [9.17, 15) is 9.59 Å². The molecule has 4 nitrogen and oxygen atoms in total. The van der Waals surface area contributed by atoms with Crippen LogP contribution in [0.4, 0.5) is 0 Å². The maximum absolute atomic E-state index is 12.6. The molecule has 0 aliphatic carbocycles. The molecular weight excluding hydrogens is 422 g/mol. The average molecular weight is 444 g/mol. The van der Waals surface area contributed by atoms with Crippen LogP contribution in [0.25, 0.3) is 10.2 Å². The van der Waals surface area contributed by atoms with E-state index in [-0.39, 0.29) is 40.4 Å². The van der Waals surface area contributed by atoms with Gasteiger partial charge in [0, 0.05) is 6.42 Å². The smallest absolute Gasteiger partial charge is 0.310 e. The Morgan fingerprint density at radius 3 is 2.92 bits per heavy atom. The molecule has 136 valence electrons. The summed E-state index contributed by atoms with van der Waals surface area (Å²) in [7, 11) is 0. The standard InChI is InChI=1S/C18H21NO3S2.BrH/c1-3-4-7-12-10-18(2,22-16(12)21)15(20)11-23-17-19-13-8-5-6-9-14(13)24-17;/h5-6,8-9,12H,3-4,7,10-11H2,1-2H3;1H. The van der Waals surface area contributed by atoms with Gasteiger partial charge in [-0.2, -0.15) is 0 Å². The zero-order chi connectivity index (χ0) is 17.2. The number of carbonyl (C=O) groups excluding carboxylic acids is 2. The number of halogens is 1. The quantitative estimate of drug-likeness (QED) is 0.442. The zero-order valence-electron chi connectivity index (χ0n) is 14.3. The van der Waals surface area contributed by atoms with Gasteiger partial charge in [-0.3, -0.25) is 9.59 Å². The van der Waals surface area contributed by atoms with Gasteiger partial charge in [0.25, 0.3) is 0 Å². The molecule has 1 aliphatic heterocycles. The van der Waals surface area contributed by atoms with Gasteiger partial charge in [0.15, 0.2) is 15.7 Å². The summed E-state index contributed by atoms with van der Waals surface area (Å²) in [5.74, 6) is -0.0980. The average Bonchev–Trinajstić information content (AvgIpc) is 3.11. The summed E-state index contributed by atoms with van der Waals surface area (Å²) in [6.45, 7) is 3.84. The highest BCUT2D eigenvalue weighted by molar-refractivity contribution is 8.93. The Bertz CT molecular complexity index is 731. The van der Waals surface area contributed by atoms with E-state index in [1.54, 1.807) is 18.3 Å². The number of fused-ring (bicyclic) bond motifs is 1. The maximum Gasteiger partial charge on any atom is 0.310 e. The Kier molecular flexibility index (Phi) is 7.05. The van der Waals surface area contributed by atoms with Crippen molar-refractivity contribution in [2.45, 2.75) is 49.5 Å². The van der Waals surface area contributed by atoms with Crippen LogP contribution in [0, 0.1) is 5.92 Å². The molecule has 25 heavy (non-hydrogen) atoms. The number of carbonyl (C=O) groups is 2. The Hall–Kier alpha value is -0.920. The zero-order valence-corrected chi connectivity index (χ0v) is 17.7. The number of cyclic esters (lactones) is 1. The highest BCUT2D eigenvalue weighted by Crippen LogP contribution is 2.37. The SMILES string of the molecule is Br.CCCCC1CC(C)(C(=O)CSc2nc3ccccc3s2)OC1=O. The van der Waals surface area contributed by atoms with Gasteiger partial charge in [-0.25, -0.2) is 4.98 Å². The molecule has 2 unspecified atom stereocenters. The first kappa shape index (κ1) is 20.4. The van der Waals surface area contributed by atoms with Crippen molar-refractivity contribution in [3.05, 3.63) is 24.3 Å². The topological polar surface area (TPSA) is 56.3 Å². The second-order valence-electron chi connectivity index (χ2n) is 6.35. The lowest BCUT2D eigenvalue weighted by Gasteiger charge is -2.20. The molecule has 1 saturated heterocycles. The Morgan fingerprint density at radius 2 is 2.20 bits per heavy atom. The van der Waals surface area contributed by atoms with Crippen LogP contribution in [0.2, 0.25) is 0 Å². The number of ether oxygens (including phenoxy) is 1. The first-order valence-corrected chi connectivity index (χ1v) is 10.1. The van der Waals surface area contributed by atoms with Crippen LogP contribution in [0.1, 0.15) is 39.5 Å². The van der Waals surface area contributed by atoms with Crippen molar-refractivity contribution in [3.63, 3.8) is 0 Å². The number of hydrogen-bond acceptors (Lipinski definition) is 6. The summed E-state index contributed by atoms with van der Waals surface area (Å²) < 4.78 is 7.44. The van der Waals surface area contributed by atoms with Crippen LogP contribution in [0.5, 0.6) is 0 Å². The fraction of sp³-hybridized carbons (Fsp3) is 0.500. The minimum absolute atomic E-state index is 0.